The van der Waals surface area contributed by atoms with Gasteiger partial charge in [-0.25, -0.2) is 4.79 Å². The minimum Gasteiger partial charge on any atom is -0.456 e. The molecular formula is C45H32N2O3. The van der Waals surface area contributed by atoms with Crippen LogP contribution in [0.1, 0.15) is 32.6 Å². The van der Waals surface area contributed by atoms with E-state index in [0.717, 1.165) is 56.4 Å². The van der Waals surface area contributed by atoms with Crippen LogP contribution in [0.25, 0.3) is 0 Å². The van der Waals surface area contributed by atoms with Crippen LogP contribution in [0.2, 0.25) is 0 Å². The number of benzene rings is 7. The molecule has 7 aromatic carbocycles. The van der Waals surface area contributed by atoms with E-state index in [1.54, 1.807) is 0 Å². The van der Waals surface area contributed by atoms with Crippen LogP contribution in [-0.4, -0.2) is 5.97 Å². The average Bonchev–Trinajstić information content (AvgIpc) is 3.44. The van der Waals surface area contributed by atoms with Gasteiger partial charge in [0.05, 0.1) is 5.56 Å². The number of ether oxygens (including phenoxy) is 2. The lowest BCUT2D eigenvalue weighted by molar-refractivity contribution is 0.0224. The predicted octanol–water partition coefficient (Wildman–Crippen LogP) is 11.5. The Kier molecular flexibility index (Phi) is 6.99. The summed E-state index contributed by atoms with van der Waals surface area (Å²) in [6.45, 7) is 1.99. The van der Waals surface area contributed by atoms with Gasteiger partial charge in [-0.1, -0.05) is 90.5 Å². The Morgan fingerprint density at radius 2 is 0.840 bits per heavy atom. The summed E-state index contributed by atoms with van der Waals surface area (Å²) in [5.41, 5.74) is 8.65. The first kappa shape index (κ1) is 29.5. The Morgan fingerprint density at radius 3 is 1.26 bits per heavy atom. The van der Waals surface area contributed by atoms with Gasteiger partial charge in [0.2, 0.25) is 0 Å². The van der Waals surface area contributed by atoms with E-state index in [9.17, 15) is 4.79 Å². The van der Waals surface area contributed by atoms with Crippen LogP contribution < -0.4 is 14.5 Å². The number of fused-ring (bicyclic) bond motifs is 6. The third-order valence-corrected chi connectivity index (χ3v) is 9.50. The van der Waals surface area contributed by atoms with Gasteiger partial charge in [0.15, 0.2) is 5.60 Å². The molecule has 9 rings (SSSR count). The molecule has 0 aliphatic carbocycles. The van der Waals surface area contributed by atoms with Crippen LogP contribution in [0.5, 0.6) is 11.5 Å². The van der Waals surface area contributed by atoms with Gasteiger partial charge in [0.25, 0.3) is 0 Å². The van der Waals surface area contributed by atoms with Crippen molar-refractivity contribution < 1.29 is 14.3 Å². The van der Waals surface area contributed by atoms with Gasteiger partial charge in [-0.15, -0.1) is 0 Å². The number of para-hydroxylation sites is 4. The lowest BCUT2D eigenvalue weighted by atomic mass is 9.77. The van der Waals surface area contributed by atoms with Crippen molar-refractivity contribution in [3.8, 4) is 11.5 Å². The quantitative estimate of drug-likeness (QED) is 0.168. The van der Waals surface area contributed by atoms with Gasteiger partial charge >= 0.3 is 5.97 Å². The molecule has 7 aromatic rings. The van der Waals surface area contributed by atoms with Crippen LogP contribution >= 0.6 is 0 Å². The highest BCUT2D eigenvalue weighted by Gasteiger charge is 2.53. The van der Waals surface area contributed by atoms with E-state index in [4.69, 9.17) is 9.47 Å². The molecule has 0 unspecified atom stereocenters. The summed E-state index contributed by atoms with van der Waals surface area (Å²) >= 11 is 0. The highest BCUT2D eigenvalue weighted by molar-refractivity contribution is 5.97. The molecule has 5 heteroatoms. The fraction of sp³-hybridized carbons (Fsp3) is 0.0444. The number of hydrogen-bond acceptors (Lipinski definition) is 5. The SMILES string of the molecule is Cc1ccc2c(c1)C(=O)OC21c2ccc(N(c3ccccc3)c3ccccc3)cc2Oc2cc(N(c3ccccc3)c3ccccc3)ccc21. The van der Waals surface area contributed by atoms with Gasteiger partial charge in [-0.05, 0) is 85.8 Å². The van der Waals surface area contributed by atoms with E-state index in [-0.39, 0.29) is 5.97 Å². The molecule has 2 heterocycles. The summed E-state index contributed by atoms with van der Waals surface area (Å²) in [7, 11) is 0. The Bertz CT molecular complexity index is 2150. The van der Waals surface area contributed by atoms with Gasteiger partial charge in [-0.3, -0.25) is 0 Å². The van der Waals surface area contributed by atoms with Crippen LogP contribution in [0.4, 0.5) is 34.1 Å². The smallest absolute Gasteiger partial charge is 0.340 e. The standard InChI is InChI=1S/C45H32N2O3/c1-31-22-25-39-38(28-31)44(48)50-45(39)40-26-23-36(46(32-14-6-2-7-15-32)33-16-8-3-9-17-33)29-42(40)49-43-30-37(24-27-41(43)45)47(34-18-10-4-11-19-34)35-20-12-5-13-21-35/h2-30H,1H3. The summed E-state index contributed by atoms with van der Waals surface area (Å²) in [6.07, 6.45) is 0. The Labute approximate surface area is 291 Å². The number of hydrogen-bond donors (Lipinski definition) is 0. The maximum atomic E-state index is 13.7. The molecule has 2 aliphatic heterocycles. The van der Waals surface area contributed by atoms with Crippen molar-refractivity contribution in [3.05, 3.63) is 204 Å². The van der Waals surface area contributed by atoms with Crippen molar-refractivity contribution >= 4 is 40.1 Å². The molecule has 5 nitrogen and oxygen atoms in total. The molecular weight excluding hydrogens is 617 g/mol. The van der Waals surface area contributed by atoms with E-state index < -0.39 is 5.60 Å². The van der Waals surface area contributed by atoms with Crippen LogP contribution in [0.3, 0.4) is 0 Å². The van der Waals surface area contributed by atoms with E-state index in [0.29, 0.717) is 17.1 Å². The molecule has 0 saturated carbocycles. The topological polar surface area (TPSA) is 42.0 Å². The van der Waals surface area contributed by atoms with Gasteiger partial charge in [0, 0.05) is 62.9 Å². The molecule has 0 N–H and O–H groups in total. The van der Waals surface area contributed by atoms with Crippen LogP contribution in [0, 0.1) is 6.92 Å². The third-order valence-electron chi connectivity index (χ3n) is 9.50. The molecule has 0 bridgehead atoms. The number of anilines is 6. The van der Waals surface area contributed by atoms with Crippen molar-refractivity contribution in [2.75, 3.05) is 9.80 Å². The van der Waals surface area contributed by atoms with E-state index in [1.165, 1.54) is 0 Å². The molecule has 50 heavy (non-hydrogen) atoms. The van der Waals surface area contributed by atoms with Crippen molar-refractivity contribution in [3.63, 3.8) is 0 Å². The first-order valence-electron chi connectivity index (χ1n) is 16.7. The minimum atomic E-state index is -1.19. The second kappa shape index (κ2) is 11.8. The number of aryl methyl sites for hydroxylation is 1. The highest BCUT2D eigenvalue weighted by Crippen LogP contribution is 2.58. The van der Waals surface area contributed by atoms with Crippen LogP contribution in [0.15, 0.2) is 176 Å². The first-order valence-corrected chi connectivity index (χ1v) is 16.7. The molecule has 1 spiro atoms. The zero-order chi connectivity index (χ0) is 33.7. The summed E-state index contributed by atoms with van der Waals surface area (Å²) in [6, 6.07) is 59.4. The maximum absolute atomic E-state index is 13.7. The lowest BCUT2D eigenvalue weighted by Gasteiger charge is -2.38. The largest absolute Gasteiger partial charge is 0.456 e. The maximum Gasteiger partial charge on any atom is 0.340 e. The predicted molar refractivity (Wildman–Crippen MR) is 199 cm³/mol. The van der Waals surface area contributed by atoms with Crippen molar-refractivity contribution in [1.82, 2.24) is 0 Å². The number of esters is 1. The van der Waals surface area contributed by atoms with Crippen molar-refractivity contribution in [2.24, 2.45) is 0 Å². The Balaban J connectivity index is 1.26. The fourth-order valence-electron chi connectivity index (χ4n) is 7.30. The second-order valence-corrected chi connectivity index (χ2v) is 12.6. The molecule has 240 valence electrons. The number of nitrogens with zero attached hydrogens (tertiary/aromatic N) is 2. The zero-order valence-corrected chi connectivity index (χ0v) is 27.4. The number of carbonyl (C=O) groups excluding carboxylic acids is 1. The summed E-state index contributed by atoms with van der Waals surface area (Å²) in [5, 5.41) is 0. The summed E-state index contributed by atoms with van der Waals surface area (Å²) < 4.78 is 13.5. The minimum absolute atomic E-state index is 0.346. The first-order chi connectivity index (χ1) is 24.6. The molecule has 0 saturated heterocycles. The lowest BCUT2D eigenvalue weighted by Crippen LogP contribution is -2.33. The summed E-state index contributed by atoms with van der Waals surface area (Å²) in [5.74, 6) is 0.897. The molecule has 0 atom stereocenters. The molecule has 0 radical (unpaired) electrons. The molecule has 2 aliphatic rings. The van der Waals surface area contributed by atoms with Crippen molar-refractivity contribution in [1.29, 1.82) is 0 Å². The van der Waals surface area contributed by atoms with E-state index >= 15 is 0 Å². The van der Waals surface area contributed by atoms with Crippen LogP contribution in [-0.2, 0) is 10.3 Å². The average molecular weight is 649 g/mol. The van der Waals surface area contributed by atoms with Gasteiger partial charge < -0.3 is 19.3 Å². The fourth-order valence-corrected chi connectivity index (χ4v) is 7.30. The Morgan fingerprint density at radius 1 is 0.440 bits per heavy atom. The molecule has 0 aromatic heterocycles. The molecule has 0 fully saturated rings. The van der Waals surface area contributed by atoms with Gasteiger partial charge in [0.1, 0.15) is 11.5 Å². The second-order valence-electron chi connectivity index (χ2n) is 12.6. The van der Waals surface area contributed by atoms with Gasteiger partial charge in [-0.2, -0.15) is 0 Å². The highest BCUT2D eigenvalue weighted by atomic mass is 16.6. The monoisotopic (exact) mass is 648 g/mol. The van der Waals surface area contributed by atoms with Crippen molar-refractivity contribution in [2.45, 2.75) is 12.5 Å². The molecule has 0 amide bonds. The number of rotatable bonds is 6. The van der Waals surface area contributed by atoms with E-state index in [1.807, 2.05) is 110 Å². The number of carbonyl (C=O) groups is 1. The zero-order valence-electron chi connectivity index (χ0n) is 27.4. The Hall–Kier alpha value is -6.59. The third kappa shape index (κ3) is 4.74. The van der Waals surface area contributed by atoms with E-state index in [2.05, 4.69) is 82.6 Å². The normalized spacial score (nSPS) is 13.4. The summed E-state index contributed by atoms with van der Waals surface area (Å²) in [4.78, 5) is 18.1.